The second-order valence-corrected chi connectivity index (χ2v) is 5.73. The Labute approximate surface area is 141 Å². The van der Waals surface area contributed by atoms with Crippen LogP contribution in [0.1, 0.15) is 16.1 Å². The van der Waals surface area contributed by atoms with E-state index in [0.717, 1.165) is 24.4 Å². The second kappa shape index (κ2) is 7.99. The van der Waals surface area contributed by atoms with Gasteiger partial charge in [0.1, 0.15) is 12.4 Å². The molecule has 1 aromatic heterocycles. The summed E-state index contributed by atoms with van der Waals surface area (Å²) in [5, 5.41) is 8.98. The van der Waals surface area contributed by atoms with Crippen molar-refractivity contribution in [2.75, 3.05) is 39.3 Å². The molecule has 1 aliphatic rings. The number of β-amino-alcohol motifs (C(OH)–C–C–N with tert-alkyl or cyclic N) is 1. The van der Waals surface area contributed by atoms with E-state index >= 15 is 0 Å². The average molecular weight is 330 g/mol. The Kier molecular flexibility index (Phi) is 5.51. The molecule has 0 spiro atoms. The fraction of sp³-hybridized carbons (Fsp3) is 0.389. The van der Waals surface area contributed by atoms with E-state index in [4.69, 9.17) is 14.3 Å². The molecule has 2 heterocycles. The topological polar surface area (TPSA) is 66.2 Å². The number of para-hydroxylation sites is 1. The van der Waals surface area contributed by atoms with Crippen LogP contribution in [0.25, 0.3) is 0 Å². The number of hydrogen-bond donors (Lipinski definition) is 1. The summed E-state index contributed by atoms with van der Waals surface area (Å²) in [4.78, 5) is 16.6. The minimum atomic E-state index is -0.102. The van der Waals surface area contributed by atoms with Gasteiger partial charge in [-0.05, 0) is 18.2 Å². The number of carbonyl (C=O) groups excluding carboxylic acids is 1. The molecule has 0 saturated carbocycles. The van der Waals surface area contributed by atoms with Gasteiger partial charge in [-0.15, -0.1) is 0 Å². The number of amides is 1. The van der Waals surface area contributed by atoms with Crippen LogP contribution < -0.4 is 4.74 Å². The van der Waals surface area contributed by atoms with Gasteiger partial charge in [-0.3, -0.25) is 9.69 Å². The van der Waals surface area contributed by atoms with Crippen LogP contribution in [0, 0.1) is 0 Å². The minimum absolute atomic E-state index is 0.102. The van der Waals surface area contributed by atoms with Crippen LogP contribution in [0.15, 0.2) is 47.1 Å². The first kappa shape index (κ1) is 16.5. The number of benzene rings is 1. The van der Waals surface area contributed by atoms with Gasteiger partial charge in [0.25, 0.3) is 5.91 Å². The average Bonchev–Trinajstić information content (AvgIpc) is 3.10. The Morgan fingerprint density at radius 1 is 1.12 bits per heavy atom. The number of piperazine rings is 1. The number of rotatable bonds is 6. The number of ether oxygens (including phenoxy) is 1. The zero-order valence-corrected chi connectivity index (χ0v) is 13.6. The summed E-state index contributed by atoms with van der Waals surface area (Å²) in [7, 11) is 0. The second-order valence-electron chi connectivity index (χ2n) is 5.73. The highest BCUT2D eigenvalue weighted by Gasteiger charge is 2.25. The predicted octanol–water partition coefficient (Wildman–Crippen LogP) is 1.61. The lowest BCUT2D eigenvalue weighted by atomic mass is 10.2. The van der Waals surface area contributed by atoms with Crippen LogP contribution >= 0.6 is 0 Å². The van der Waals surface area contributed by atoms with Gasteiger partial charge in [0, 0.05) is 38.3 Å². The summed E-state index contributed by atoms with van der Waals surface area (Å²) in [6.07, 6.45) is 1.53. The van der Waals surface area contributed by atoms with Crippen LogP contribution in [0.3, 0.4) is 0 Å². The summed E-state index contributed by atoms with van der Waals surface area (Å²) in [5.41, 5.74) is 0.752. The third-order valence-electron chi connectivity index (χ3n) is 4.15. The van der Waals surface area contributed by atoms with Gasteiger partial charge in [0.2, 0.25) is 0 Å². The molecule has 0 bridgehead atoms. The molecular weight excluding hydrogens is 308 g/mol. The van der Waals surface area contributed by atoms with E-state index in [0.29, 0.717) is 32.0 Å². The van der Waals surface area contributed by atoms with Gasteiger partial charge in [-0.1, -0.05) is 18.2 Å². The Morgan fingerprint density at radius 3 is 2.58 bits per heavy atom. The first-order valence-corrected chi connectivity index (χ1v) is 8.14. The number of nitrogens with zero attached hydrogens (tertiary/aromatic N) is 2. The molecule has 1 N–H and O–H groups in total. The monoisotopic (exact) mass is 330 g/mol. The van der Waals surface area contributed by atoms with Crippen molar-refractivity contribution in [2.24, 2.45) is 0 Å². The lowest BCUT2D eigenvalue weighted by Gasteiger charge is -2.34. The zero-order valence-electron chi connectivity index (χ0n) is 13.6. The number of furan rings is 1. The van der Waals surface area contributed by atoms with Crippen LogP contribution in [0.2, 0.25) is 0 Å². The highest BCUT2D eigenvalue weighted by atomic mass is 16.5. The summed E-state index contributed by atoms with van der Waals surface area (Å²) in [5.74, 6) is 1.01. The van der Waals surface area contributed by atoms with Crippen molar-refractivity contribution in [3.63, 3.8) is 0 Å². The number of carbonyl (C=O) groups is 1. The summed E-state index contributed by atoms with van der Waals surface area (Å²) < 4.78 is 11.1. The van der Waals surface area contributed by atoms with E-state index in [1.807, 2.05) is 30.3 Å². The molecular formula is C18H22N2O4. The highest BCUT2D eigenvalue weighted by Crippen LogP contribution is 2.18. The molecule has 0 radical (unpaired) electrons. The van der Waals surface area contributed by atoms with Crippen molar-refractivity contribution < 1.29 is 19.1 Å². The van der Waals surface area contributed by atoms with Crippen molar-refractivity contribution >= 4 is 5.91 Å². The molecule has 6 nitrogen and oxygen atoms in total. The SMILES string of the molecule is O=C(c1occc1COc1ccccc1)N1CCN(CCO)CC1. The summed E-state index contributed by atoms with van der Waals surface area (Å²) in [6, 6.07) is 11.3. The van der Waals surface area contributed by atoms with Gasteiger partial charge >= 0.3 is 0 Å². The maximum atomic E-state index is 12.7. The van der Waals surface area contributed by atoms with Gasteiger partial charge in [0.05, 0.1) is 12.9 Å². The minimum Gasteiger partial charge on any atom is -0.489 e. The van der Waals surface area contributed by atoms with E-state index < -0.39 is 0 Å². The molecule has 0 aliphatic carbocycles. The van der Waals surface area contributed by atoms with Crippen LogP contribution in [0.4, 0.5) is 0 Å². The number of hydrogen-bond acceptors (Lipinski definition) is 5. The molecule has 24 heavy (non-hydrogen) atoms. The molecule has 0 atom stereocenters. The maximum Gasteiger partial charge on any atom is 0.290 e. The maximum absolute atomic E-state index is 12.7. The molecule has 128 valence electrons. The largest absolute Gasteiger partial charge is 0.489 e. The van der Waals surface area contributed by atoms with Crippen molar-refractivity contribution in [3.05, 3.63) is 54.0 Å². The molecule has 6 heteroatoms. The van der Waals surface area contributed by atoms with Crippen molar-refractivity contribution in [1.82, 2.24) is 9.80 Å². The third-order valence-corrected chi connectivity index (χ3v) is 4.15. The molecule has 1 fully saturated rings. The van der Waals surface area contributed by atoms with E-state index in [1.54, 1.807) is 11.0 Å². The van der Waals surface area contributed by atoms with E-state index in [-0.39, 0.29) is 12.5 Å². The van der Waals surface area contributed by atoms with Crippen molar-refractivity contribution in [1.29, 1.82) is 0 Å². The van der Waals surface area contributed by atoms with Crippen LogP contribution in [0.5, 0.6) is 5.75 Å². The van der Waals surface area contributed by atoms with Crippen molar-refractivity contribution in [3.8, 4) is 5.75 Å². The number of aliphatic hydroxyl groups excluding tert-OH is 1. The van der Waals surface area contributed by atoms with E-state index in [2.05, 4.69) is 4.90 Å². The molecule has 0 unspecified atom stereocenters. The lowest BCUT2D eigenvalue weighted by Crippen LogP contribution is -2.49. The fourth-order valence-electron chi connectivity index (χ4n) is 2.77. The van der Waals surface area contributed by atoms with E-state index in [9.17, 15) is 4.79 Å². The van der Waals surface area contributed by atoms with Gasteiger partial charge in [-0.2, -0.15) is 0 Å². The Morgan fingerprint density at radius 2 is 1.88 bits per heavy atom. The quantitative estimate of drug-likeness (QED) is 0.872. The smallest absolute Gasteiger partial charge is 0.290 e. The molecule has 2 aromatic rings. The first-order chi connectivity index (χ1) is 11.8. The predicted molar refractivity (Wildman–Crippen MR) is 88.9 cm³/mol. The van der Waals surface area contributed by atoms with Crippen molar-refractivity contribution in [2.45, 2.75) is 6.61 Å². The van der Waals surface area contributed by atoms with E-state index in [1.165, 1.54) is 6.26 Å². The molecule has 1 amide bonds. The van der Waals surface area contributed by atoms with Gasteiger partial charge in [-0.25, -0.2) is 0 Å². The first-order valence-electron chi connectivity index (χ1n) is 8.14. The zero-order chi connectivity index (χ0) is 16.8. The Hall–Kier alpha value is -2.31. The standard InChI is InChI=1S/C18H22N2O4/c21-12-11-19-7-9-20(10-8-19)18(22)17-15(6-13-23-17)14-24-16-4-2-1-3-5-16/h1-6,13,21H,7-12,14H2. The normalized spacial score (nSPS) is 15.5. The third kappa shape index (κ3) is 3.96. The summed E-state index contributed by atoms with van der Waals surface area (Å²) >= 11 is 0. The summed E-state index contributed by atoms with van der Waals surface area (Å²) in [6.45, 7) is 3.90. The number of aliphatic hydroxyl groups is 1. The Bertz CT molecular complexity index is 648. The molecule has 1 aliphatic heterocycles. The fourth-order valence-corrected chi connectivity index (χ4v) is 2.77. The highest BCUT2D eigenvalue weighted by molar-refractivity contribution is 5.93. The molecule has 3 rings (SSSR count). The van der Waals surface area contributed by atoms with Crippen LogP contribution in [-0.2, 0) is 6.61 Å². The molecule has 1 saturated heterocycles. The van der Waals surface area contributed by atoms with Gasteiger partial charge in [0.15, 0.2) is 5.76 Å². The Balaban J connectivity index is 1.59. The van der Waals surface area contributed by atoms with Gasteiger partial charge < -0.3 is 19.2 Å². The molecule has 1 aromatic carbocycles. The lowest BCUT2D eigenvalue weighted by molar-refractivity contribution is 0.0582. The van der Waals surface area contributed by atoms with Crippen LogP contribution in [-0.4, -0.2) is 60.1 Å².